The molecule has 0 spiro atoms. The van der Waals surface area contributed by atoms with E-state index in [1.807, 2.05) is 6.92 Å². The summed E-state index contributed by atoms with van der Waals surface area (Å²) in [5.74, 6) is 0.208. The zero-order valence-corrected chi connectivity index (χ0v) is 11.1. The Bertz CT molecular complexity index is 454. The molecule has 0 radical (unpaired) electrons. The summed E-state index contributed by atoms with van der Waals surface area (Å²) in [6, 6.07) is 0. The molecule has 1 aliphatic rings. The molecule has 0 aromatic carbocycles. The van der Waals surface area contributed by atoms with Crippen molar-refractivity contribution < 1.29 is 14.4 Å². The summed E-state index contributed by atoms with van der Waals surface area (Å²) in [6.45, 7) is 6.40. The molecule has 2 heterocycles. The van der Waals surface area contributed by atoms with Crippen LogP contribution in [0.15, 0.2) is 0 Å². The third kappa shape index (κ3) is 3.02. The molecule has 0 saturated carbocycles. The van der Waals surface area contributed by atoms with Crippen LogP contribution in [0.1, 0.15) is 12.6 Å². The fraction of sp³-hybridized carbons (Fsp3) is 0.727. The Labute approximate surface area is 110 Å². The van der Waals surface area contributed by atoms with Crippen LogP contribution in [-0.2, 0) is 11.3 Å². The molecule has 1 atom stereocenters. The van der Waals surface area contributed by atoms with Crippen molar-refractivity contribution in [1.29, 1.82) is 0 Å². The molecule has 2 rings (SSSR count). The summed E-state index contributed by atoms with van der Waals surface area (Å²) in [6.07, 6.45) is -0.0890. The lowest BCUT2D eigenvalue weighted by atomic mass is 10.3. The van der Waals surface area contributed by atoms with Crippen molar-refractivity contribution in [2.24, 2.45) is 0 Å². The van der Waals surface area contributed by atoms with Crippen molar-refractivity contribution in [2.75, 3.05) is 26.3 Å². The summed E-state index contributed by atoms with van der Waals surface area (Å²) in [5, 5.41) is 18.3. The minimum absolute atomic E-state index is 0.0642. The van der Waals surface area contributed by atoms with Crippen molar-refractivity contribution in [3.63, 3.8) is 0 Å². The minimum Gasteiger partial charge on any atom is -0.470 e. The number of nitrogens with one attached hydrogen (secondary N) is 1. The highest BCUT2D eigenvalue weighted by molar-refractivity contribution is 5.45. The van der Waals surface area contributed by atoms with E-state index in [1.165, 1.54) is 4.68 Å². The average Bonchev–Trinajstić information content (AvgIpc) is 2.73. The topological polar surface area (TPSA) is 91.5 Å². The first-order valence-corrected chi connectivity index (χ1v) is 6.30. The Morgan fingerprint density at radius 2 is 2.47 bits per heavy atom. The van der Waals surface area contributed by atoms with E-state index < -0.39 is 4.92 Å². The Hall–Kier alpha value is -1.67. The quantitative estimate of drug-likeness (QED) is 0.618. The Balaban J connectivity index is 2.11. The van der Waals surface area contributed by atoms with Crippen LogP contribution in [0.4, 0.5) is 5.69 Å². The minimum atomic E-state index is -0.455. The third-order valence-electron chi connectivity index (χ3n) is 2.94. The van der Waals surface area contributed by atoms with E-state index in [4.69, 9.17) is 9.47 Å². The second-order valence-electron chi connectivity index (χ2n) is 4.32. The highest BCUT2D eigenvalue weighted by Gasteiger charge is 2.27. The van der Waals surface area contributed by atoms with Gasteiger partial charge in [0.05, 0.1) is 11.5 Å². The molecule has 106 valence electrons. The normalized spacial score (nSPS) is 19.4. The van der Waals surface area contributed by atoms with Crippen molar-refractivity contribution in [3.8, 4) is 5.88 Å². The number of morpholine rings is 1. The predicted molar refractivity (Wildman–Crippen MR) is 67.4 cm³/mol. The first-order chi connectivity index (χ1) is 9.13. The van der Waals surface area contributed by atoms with Gasteiger partial charge in [0, 0.05) is 19.6 Å². The van der Waals surface area contributed by atoms with Gasteiger partial charge in [-0.3, -0.25) is 10.1 Å². The van der Waals surface area contributed by atoms with E-state index in [0.717, 1.165) is 6.54 Å². The third-order valence-corrected chi connectivity index (χ3v) is 2.94. The lowest BCUT2D eigenvalue weighted by molar-refractivity contribution is -0.386. The molecule has 0 aliphatic carbocycles. The van der Waals surface area contributed by atoms with Gasteiger partial charge in [0.1, 0.15) is 18.4 Å². The second-order valence-corrected chi connectivity index (χ2v) is 4.32. The largest absolute Gasteiger partial charge is 0.470 e. The molecule has 1 saturated heterocycles. The van der Waals surface area contributed by atoms with Gasteiger partial charge in [-0.05, 0) is 13.8 Å². The van der Waals surface area contributed by atoms with Gasteiger partial charge in [0.25, 0.3) is 5.88 Å². The lowest BCUT2D eigenvalue weighted by Crippen LogP contribution is -2.41. The van der Waals surface area contributed by atoms with Gasteiger partial charge in [-0.2, -0.15) is 5.10 Å². The maximum Gasteiger partial charge on any atom is 0.353 e. The van der Waals surface area contributed by atoms with Gasteiger partial charge < -0.3 is 14.8 Å². The van der Waals surface area contributed by atoms with Crippen molar-refractivity contribution in [2.45, 2.75) is 26.5 Å². The lowest BCUT2D eigenvalue weighted by Gasteiger charge is -2.23. The Morgan fingerprint density at radius 1 is 1.68 bits per heavy atom. The first kappa shape index (κ1) is 13.8. The zero-order valence-electron chi connectivity index (χ0n) is 11.1. The highest BCUT2D eigenvalue weighted by atomic mass is 16.6. The van der Waals surface area contributed by atoms with Crippen LogP contribution in [0, 0.1) is 17.0 Å². The standard InChI is InChI=1S/C11H18N4O4/c1-3-14-11(10(15(16)17)8(2)13-14)19-7-9-6-12-4-5-18-9/h9,12H,3-7H2,1-2H3. The number of hydrogen-bond acceptors (Lipinski definition) is 6. The molecule has 1 aromatic rings. The maximum absolute atomic E-state index is 11.1. The number of ether oxygens (including phenoxy) is 2. The van der Waals surface area contributed by atoms with Crippen LogP contribution in [-0.4, -0.2) is 47.1 Å². The van der Waals surface area contributed by atoms with E-state index in [2.05, 4.69) is 10.4 Å². The fourth-order valence-electron chi connectivity index (χ4n) is 2.02. The van der Waals surface area contributed by atoms with E-state index in [0.29, 0.717) is 25.4 Å². The monoisotopic (exact) mass is 270 g/mol. The van der Waals surface area contributed by atoms with Crippen LogP contribution in [0.3, 0.4) is 0 Å². The van der Waals surface area contributed by atoms with Crippen LogP contribution in [0.25, 0.3) is 0 Å². The van der Waals surface area contributed by atoms with Crippen LogP contribution < -0.4 is 10.1 Å². The van der Waals surface area contributed by atoms with Gasteiger partial charge in [-0.15, -0.1) is 0 Å². The molecular formula is C11H18N4O4. The number of aromatic nitrogens is 2. The number of hydrogen-bond donors (Lipinski definition) is 1. The summed E-state index contributed by atoms with van der Waals surface area (Å²) in [4.78, 5) is 10.6. The van der Waals surface area contributed by atoms with Crippen molar-refractivity contribution in [1.82, 2.24) is 15.1 Å². The smallest absolute Gasteiger partial charge is 0.353 e. The van der Waals surface area contributed by atoms with Crippen LogP contribution in [0.5, 0.6) is 5.88 Å². The Kier molecular flexibility index (Phi) is 4.33. The molecular weight excluding hydrogens is 252 g/mol. The summed E-state index contributed by atoms with van der Waals surface area (Å²) >= 11 is 0. The fourth-order valence-corrected chi connectivity index (χ4v) is 2.02. The molecule has 0 amide bonds. The van der Waals surface area contributed by atoms with Gasteiger partial charge in [0.2, 0.25) is 0 Å². The van der Waals surface area contributed by atoms with Crippen LogP contribution in [0.2, 0.25) is 0 Å². The molecule has 1 aromatic heterocycles. The van der Waals surface area contributed by atoms with Gasteiger partial charge in [-0.25, -0.2) is 4.68 Å². The number of nitrogens with zero attached hydrogens (tertiary/aromatic N) is 3. The molecule has 1 fully saturated rings. The number of aryl methyl sites for hydroxylation is 2. The van der Waals surface area contributed by atoms with Crippen molar-refractivity contribution in [3.05, 3.63) is 15.8 Å². The zero-order chi connectivity index (χ0) is 13.8. The highest BCUT2D eigenvalue weighted by Crippen LogP contribution is 2.30. The van der Waals surface area contributed by atoms with E-state index in [1.54, 1.807) is 6.92 Å². The molecule has 0 bridgehead atoms. The van der Waals surface area contributed by atoms with Gasteiger partial charge in [0.15, 0.2) is 0 Å². The molecule has 1 N–H and O–H groups in total. The van der Waals surface area contributed by atoms with Crippen molar-refractivity contribution >= 4 is 5.69 Å². The van der Waals surface area contributed by atoms with Gasteiger partial charge in [-0.1, -0.05) is 0 Å². The maximum atomic E-state index is 11.1. The molecule has 8 heteroatoms. The first-order valence-electron chi connectivity index (χ1n) is 6.30. The molecule has 8 nitrogen and oxygen atoms in total. The summed E-state index contributed by atoms with van der Waals surface area (Å²) < 4.78 is 12.6. The Morgan fingerprint density at radius 3 is 3.05 bits per heavy atom. The SMILES string of the molecule is CCn1nc(C)c([N+](=O)[O-])c1OCC1CNCCO1. The number of rotatable bonds is 5. The molecule has 1 unspecified atom stereocenters. The average molecular weight is 270 g/mol. The second kappa shape index (κ2) is 5.98. The van der Waals surface area contributed by atoms with Crippen LogP contribution >= 0.6 is 0 Å². The summed E-state index contributed by atoms with van der Waals surface area (Å²) in [7, 11) is 0. The molecule has 1 aliphatic heterocycles. The predicted octanol–water partition coefficient (Wildman–Crippen LogP) is 0.487. The van der Waals surface area contributed by atoms with Gasteiger partial charge >= 0.3 is 5.69 Å². The van der Waals surface area contributed by atoms with E-state index >= 15 is 0 Å². The number of nitro groups is 1. The van der Waals surface area contributed by atoms with E-state index in [-0.39, 0.29) is 24.3 Å². The van der Waals surface area contributed by atoms with E-state index in [9.17, 15) is 10.1 Å². The summed E-state index contributed by atoms with van der Waals surface area (Å²) in [5.41, 5.74) is 0.301. The molecule has 19 heavy (non-hydrogen) atoms.